The van der Waals surface area contributed by atoms with Gasteiger partial charge in [-0.2, -0.15) is 5.10 Å². The van der Waals surface area contributed by atoms with E-state index in [2.05, 4.69) is 15.3 Å². The fourth-order valence-electron chi connectivity index (χ4n) is 3.27. The molecular formula is C20H18F3N5S2. The molecule has 2 N–H and O–H groups in total. The van der Waals surface area contributed by atoms with Crippen molar-refractivity contribution in [1.29, 1.82) is 0 Å². The van der Waals surface area contributed by atoms with Gasteiger partial charge in [0.05, 0.1) is 0 Å². The summed E-state index contributed by atoms with van der Waals surface area (Å²) in [5, 5.41) is 16.1. The number of nitrogens with zero attached hydrogens (tertiary/aromatic N) is 4. The minimum Gasteiger partial charge on any atom is -0.330 e. The molecule has 10 heteroatoms. The monoisotopic (exact) mass is 449 g/mol. The molecule has 5 nitrogen and oxygen atoms in total. The number of halogens is 3. The van der Waals surface area contributed by atoms with E-state index in [-0.39, 0.29) is 11.4 Å². The lowest BCUT2D eigenvalue weighted by molar-refractivity contribution is 0.523. The number of nitrogens with two attached hydrogens (primary N) is 1. The Hall–Kier alpha value is -2.43. The highest BCUT2D eigenvalue weighted by molar-refractivity contribution is 8.15. The molecule has 0 bridgehead atoms. The molecule has 0 fully saturated rings. The molecule has 0 aliphatic carbocycles. The Bertz CT molecular complexity index is 1090. The molecule has 1 unspecified atom stereocenters. The molecule has 30 heavy (non-hydrogen) atoms. The first kappa shape index (κ1) is 20.8. The van der Waals surface area contributed by atoms with E-state index in [1.807, 2.05) is 6.92 Å². The van der Waals surface area contributed by atoms with E-state index in [0.29, 0.717) is 29.6 Å². The van der Waals surface area contributed by atoms with Crippen molar-refractivity contribution in [2.45, 2.75) is 24.6 Å². The van der Waals surface area contributed by atoms with Gasteiger partial charge in [0.15, 0.2) is 0 Å². The molecule has 2 heterocycles. The summed E-state index contributed by atoms with van der Waals surface area (Å²) in [4.78, 5) is -0.854. The number of thioether (sulfide) groups is 1. The topological polar surface area (TPSA) is 67.4 Å². The third-order valence-corrected chi connectivity index (χ3v) is 6.93. The number of benzene rings is 2. The number of aryl methyl sites for hydroxylation is 1. The van der Waals surface area contributed by atoms with Gasteiger partial charge in [0, 0.05) is 5.56 Å². The van der Waals surface area contributed by atoms with Crippen LogP contribution in [0.25, 0.3) is 0 Å². The Kier molecular flexibility index (Phi) is 5.81. The van der Waals surface area contributed by atoms with Gasteiger partial charge in [-0.05, 0) is 62.2 Å². The summed E-state index contributed by atoms with van der Waals surface area (Å²) in [6.45, 7) is 2.25. The van der Waals surface area contributed by atoms with Crippen molar-refractivity contribution in [3.8, 4) is 0 Å². The second kappa shape index (κ2) is 8.37. The molecule has 1 atom stereocenters. The van der Waals surface area contributed by atoms with Gasteiger partial charge in [-0.1, -0.05) is 35.2 Å². The average molecular weight is 450 g/mol. The van der Waals surface area contributed by atoms with Crippen LogP contribution in [0.15, 0.2) is 47.6 Å². The summed E-state index contributed by atoms with van der Waals surface area (Å²) < 4.78 is 42.0. The van der Waals surface area contributed by atoms with Gasteiger partial charge in [-0.3, -0.25) is 0 Å². The second-order valence-corrected chi connectivity index (χ2v) is 9.16. The minimum atomic E-state index is -0.854. The van der Waals surface area contributed by atoms with Crippen LogP contribution >= 0.6 is 23.1 Å². The Morgan fingerprint density at radius 3 is 2.43 bits per heavy atom. The highest BCUT2D eigenvalue weighted by atomic mass is 32.2. The Labute approximate surface area is 179 Å². The molecule has 0 saturated carbocycles. The molecular weight excluding hydrogens is 431 g/mol. The maximum absolute atomic E-state index is 14.5. The summed E-state index contributed by atoms with van der Waals surface area (Å²) in [6, 6.07) is 9.32. The van der Waals surface area contributed by atoms with Crippen molar-refractivity contribution in [1.82, 2.24) is 10.2 Å². The van der Waals surface area contributed by atoms with Crippen molar-refractivity contribution in [3.63, 3.8) is 0 Å². The minimum absolute atomic E-state index is 0.0583. The van der Waals surface area contributed by atoms with Crippen molar-refractivity contribution in [2.24, 2.45) is 10.8 Å². The second-order valence-electron chi connectivity index (χ2n) is 6.73. The number of rotatable bonds is 6. The van der Waals surface area contributed by atoms with Crippen LogP contribution in [0.3, 0.4) is 0 Å². The third-order valence-electron chi connectivity index (χ3n) is 4.67. The first-order chi connectivity index (χ1) is 14.4. The van der Waals surface area contributed by atoms with E-state index in [1.165, 1.54) is 35.2 Å². The summed E-state index contributed by atoms with van der Waals surface area (Å²) in [7, 11) is 0. The van der Waals surface area contributed by atoms with E-state index < -0.39 is 16.5 Å². The first-order valence-electron chi connectivity index (χ1n) is 9.22. The molecule has 0 spiro atoms. The summed E-state index contributed by atoms with van der Waals surface area (Å²) in [6.07, 6.45) is 1.16. The van der Waals surface area contributed by atoms with E-state index in [1.54, 1.807) is 17.1 Å². The van der Waals surface area contributed by atoms with E-state index in [0.717, 1.165) is 28.8 Å². The van der Waals surface area contributed by atoms with E-state index in [9.17, 15) is 13.2 Å². The highest BCUT2D eigenvalue weighted by Crippen LogP contribution is 2.52. The number of aromatic nitrogens is 2. The van der Waals surface area contributed by atoms with Crippen LogP contribution in [0.2, 0.25) is 0 Å². The van der Waals surface area contributed by atoms with Crippen LogP contribution in [-0.2, 0) is 4.87 Å². The molecule has 156 valence electrons. The number of hydrogen-bond acceptors (Lipinski definition) is 7. The van der Waals surface area contributed by atoms with Crippen LogP contribution < -0.4 is 10.7 Å². The van der Waals surface area contributed by atoms with Crippen LogP contribution in [0.1, 0.15) is 29.0 Å². The van der Waals surface area contributed by atoms with Crippen molar-refractivity contribution in [3.05, 3.63) is 76.1 Å². The SMILES string of the molecule is Cc1nnc(N2N=C(c3cc(F)ccc3F)SC2(CCCN)c2ccc(F)cc2)s1. The van der Waals surface area contributed by atoms with Gasteiger partial charge in [0.25, 0.3) is 0 Å². The fourth-order valence-corrected chi connectivity index (χ4v) is 5.46. The predicted molar refractivity (Wildman–Crippen MR) is 114 cm³/mol. The molecule has 0 amide bonds. The lowest BCUT2D eigenvalue weighted by Crippen LogP contribution is -2.38. The van der Waals surface area contributed by atoms with E-state index in [4.69, 9.17) is 5.73 Å². The molecule has 0 saturated heterocycles. The quantitative estimate of drug-likeness (QED) is 0.587. The van der Waals surface area contributed by atoms with Gasteiger partial charge in [-0.25, -0.2) is 18.2 Å². The molecule has 0 radical (unpaired) electrons. The van der Waals surface area contributed by atoms with Gasteiger partial charge in [-0.15, -0.1) is 10.2 Å². The zero-order valence-electron chi connectivity index (χ0n) is 16.0. The predicted octanol–water partition coefficient (Wildman–Crippen LogP) is 4.77. The van der Waals surface area contributed by atoms with Crippen LogP contribution in [0.5, 0.6) is 0 Å². The van der Waals surface area contributed by atoms with Gasteiger partial charge in [0.2, 0.25) is 5.13 Å². The summed E-state index contributed by atoms with van der Waals surface area (Å²) in [5.74, 6) is -1.51. The zero-order chi connectivity index (χ0) is 21.3. The molecule has 1 aliphatic rings. The van der Waals surface area contributed by atoms with E-state index >= 15 is 0 Å². The maximum atomic E-state index is 14.5. The smallest absolute Gasteiger partial charge is 0.230 e. The van der Waals surface area contributed by atoms with Crippen molar-refractivity contribution in [2.75, 3.05) is 11.6 Å². The zero-order valence-corrected chi connectivity index (χ0v) is 17.6. The molecule has 1 aromatic heterocycles. The van der Waals surface area contributed by atoms with Crippen molar-refractivity contribution < 1.29 is 13.2 Å². The van der Waals surface area contributed by atoms with Crippen LogP contribution in [0.4, 0.5) is 18.3 Å². The largest absolute Gasteiger partial charge is 0.330 e. The van der Waals surface area contributed by atoms with Gasteiger partial charge in [0.1, 0.15) is 32.4 Å². The molecule has 4 rings (SSSR count). The Morgan fingerprint density at radius 2 is 1.77 bits per heavy atom. The van der Waals surface area contributed by atoms with Crippen LogP contribution in [-0.4, -0.2) is 21.8 Å². The standard InChI is InChI=1S/C20H18F3N5S2/c1-12-25-26-19(29-12)28-20(9-2-10-24,13-3-5-14(21)6-4-13)30-18(27-28)16-11-15(22)7-8-17(16)23/h3-8,11H,2,9-10,24H2,1H3. The van der Waals surface area contributed by atoms with Crippen molar-refractivity contribution >= 4 is 33.3 Å². The number of anilines is 1. The number of hydrogen-bond donors (Lipinski definition) is 1. The number of hydrazone groups is 1. The third kappa shape index (κ3) is 3.82. The lowest BCUT2D eigenvalue weighted by Gasteiger charge is -2.35. The summed E-state index contributed by atoms with van der Waals surface area (Å²) in [5.41, 5.74) is 6.60. The molecule has 3 aromatic rings. The average Bonchev–Trinajstić information content (AvgIpc) is 3.33. The Balaban J connectivity index is 1.88. The van der Waals surface area contributed by atoms with Crippen LogP contribution in [0, 0.1) is 24.4 Å². The fraction of sp³-hybridized carbons (Fsp3) is 0.250. The van der Waals surface area contributed by atoms with Gasteiger partial charge < -0.3 is 5.73 Å². The molecule has 1 aliphatic heterocycles. The normalized spacial score (nSPS) is 18.7. The molecule has 2 aromatic carbocycles. The summed E-state index contributed by atoms with van der Waals surface area (Å²) >= 11 is 2.61. The van der Waals surface area contributed by atoms with Gasteiger partial charge >= 0.3 is 0 Å². The maximum Gasteiger partial charge on any atom is 0.230 e. The lowest BCUT2D eigenvalue weighted by atomic mass is 10.0. The highest BCUT2D eigenvalue weighted by Gasteiger charge is 2.47. The first-order valence-corrected chi connectivity index (χ1v) is 10.9. The Morgan fingerprint density at radius 1 is 1.03 bits per heavy atom.